The van der Waals surface area contributed by atoms with Crippen molar-refractivity contribution in [2.45, 2.75) is 13.0 Å². The summed E-state index contributed by atoms with van der Waals surface area (Å²) in [4.78, 5) is 22.1. The lowest BCUT2D eigenvalue weighted by molar-refractivity contribution is 0.0556. The number of rotatable bonds is 4. The number of aromatic nitrogens is 2. The molecule has 1 unspecified atom stereocenters. The van der Waals surface area contributed by atoms with Gasteiger partial charge in [0.25, 0.3) is 5.91 Å². The minimum Gasteiger partial charge on any atom is -0.337 e. The molecule has 4 aromatic rings. The second kappa shape index (κ2) is 8.20. The molecule has 1 amide bonds. The summed E-state index contributed by atoms with van der Waals surface area (Å²) in [5.41, 5.74) is 0.917. The number of benzene rings is 2. The maximum Gasteiger partial charge on any atom is 0.264 e. The molecule has 6 nitrogen and oxygen atoms in total. The van der Waals surface area contributed by atoms with Gasteiger partial charge in [-0.3, -0.25) is 9.69 Å². The Kier molecular flexibility index (Phi) is 5.25. The molecule has 31 heavy (non-hydrogen) atoms. The van der Waals surface area contributed by atoms with Gasteiger partial charge in [-0.15, -0.1) is 11.3 Å². The number of nitrogens with zero attached hydrogens (tertiary/aromatic N) is 4. The van der Waals surface area contributed by atoms with Crippen LogP contribution in [0, 0.1) is 5.82 Å². The Labute approximate surface area is 182 Å². The van der Waals surface area contributed by atoms with E-state index in [0.717, 1.165) is 10.3 Å². The Hall–Kier alpha value is -3.10. The molecule has 5 rings (SSSR count). The van der Waals surface area contributed by atoms with Crippen molar-refractivity contribution in [3.63, 3.8) is 0 Å². The number of hydrogen-bond donors (Lipinski definition) is 0. The van der Waals surface area contributed by atoms with Gasteiger partial charge >= 0.3 is 0 Å². The van der Waals surface area contributed by atoms with Gasteiger partial charge in [-0.1, -0.05) is 41.6 Å². The van der Waals surface area contributed by atoms with Gasteiger partial charge in [0.2, 0.25) is 11.7 Å². The summed E-state index contributed by atoms with van der Waals surface area (Å²) < 4.78 is 20.3. The van der Waals surface area contributed by atoms with Crippen LogP contribution in [0.15, 0.2) is 59.1 Å². The van der Waals surface area contributed by atoms with Gasteiger partial charge in [0.05, 0.1) is 10.9 Å². The van der Waals surface area contributed by atoms with Crippen LogP contribution in [0.5, 0.6) is 0 Å². The highest BCUT2D eigenvalue weighted by Gasteiger charge is 2.29. The van der Waals surface area contributed by atoms with E-state index < -0.39 is 0 Å². The first-order chi connectivity index (χ1) is 15.1. The van der Waals surface area contributed by atoms with Gasteiger partial charge in [0, 0.05) is 41.8 Å². The molecule has 1 saturated heterocycles. The minimum absolute atomic E-state index is 0.0411. The molecule has 0 saturated carbocycles. The van der Waals surface area contributed by atoms with Crippen LogP contribution in [-0.4, -0.2) is 52.0 Å². The summed E-state index contributed by atoms with van der Waals surface area (Å²) in [6.07, 6.45) is 0. The van der Waals surface area contributed by atoms with Gasteiger partial charge in [0.15, 0.2) is 0 Å². The predicted octanol–water partition coefficient (Wildman–Crippen LogP) is 4.61. The van der Waals surface area contributed by atoms with Crippen molar-refractivity contribution in [2.24, 2.45) is 0 Å². The SMILES string of the molecule is CC(c1nc(-c2ccccc2)no1)N1CCN(C(=O)c2cc3c(F)cccc3s2)CC1. The first-order valence-electron chi connectivity index (χ1n) is 10.2. The van der Waals surface area contributed by atoms with Crippen LogP contribution in [0.3, 0.4) is 0 Å². The Balaban J connectivity index is 1.24. The van der Waals surface area contributed by atoms with Crippen molar-refractivity contribution in [1.29, 1.82) is 0 Å². The Morgan fingerprint density at radius 3 is 2.61 bits per heavy atom. The minimum atomic E-state index is -0.291. The standard InChI is InChI=1S/C23H21FN4O2S/c1-15(22-25-21(26-30-22)16-6-3-2-4-7-16)27-10-12-28(13-11-27)23(29)20-14-17-18(24)8-5-9-19(17)31-20/h2-9,14-15H,10-13H2,1H3. The number of piperazine rings is 1. The van der Waals surface area contributed by atoms with Crippen molar-refractivity contribution in [3.05, 3.63) is 71.2 Å². The number of hydrogen-bond acceptors (Lipinski definition) is 6. The van der Waals surface area contributed by atoms with Crippen molar-refractivity contribution in [1.82, 2.24) is 19.9 Å². The summed E-state index contributed by atoms with van der Waals surface area (Å²) in [5, 5.41) is 4.61. The zero-order valence-corrected chi connectivity index (χ0v) is 17.8. The average molecular weight is 437 g/mol. The first kappa shape index (κ1) is 19.8. The van der Waals surface area contributed by atoms with Crippen LogP contribution >= 0.6 is 11.3 Å². The quantitative estimate of drug-likeness (QED) is 0.468. The lowest BCUT2D eigenvalue weighted by atomic mass is 10.2. The van der Waals surface area contributed by atoms with Crippen molar-refractivity contribution in [3.8, 4) is 11.4 Å². The molecular weight excluding hydrogens is 415 g/mol. The van der Waals surface area contributed by atoms with E-state index in [-0.39, 0.29) is 17.8 Å². The fraction of sp³-hybridized carbons (Fsp3) is 0.261. The molecule has 8 heteroatoms. The number of thiophene rings is 1. The molecule has 3 heterocycles. The van der Waals surface area contributed by atoms with Crippen LogP contribution in [0.25, 0.3) is 21.5 Å². The molecular formula is C23H21FN4O2S. The lowest BCUT2D eigenvalue weighted by Crippen LogP contribution is -2.49. The van der Waals surface area contributed by atoms with E-state index in [0.29, 0.717) is 48.2 Å². The predicted molar refractivity (Wildman–Crippen MR) is 117 cm³/mol. The molecule has 0 spiro atoms. The molecule has 0 bridgehead atoms. The van der Waals surface area contributed by atoms with E-state index in [1.807, 2.05) is 48.2 Å². The molecule has 0 radical (unpaired) electrons. The zero-order chi connectivity index (χ0) is 21.4. The third-order valence-electron chi connectivity index (χ3n) is 5.70. The van der Waals surface area contributed by atoms with Gasteiger partial charge in [-0.2, -0.15) is 4.98 Å². The normalized spacial score (nSPS) is 16.0. The van der Waals surface area contributed by atoms with Crippen LogP contribution < -0.4 is 0 Å². The van der Waals surface area contributed by atoms with Crippen LogP contribution in [-0.2, 0) is 0 Å². The average Bonchev–Trinajstić information content (AvgIpc) is 3.47. The summed E-state index contributed by atoms with van der Waals surface area (Å²) in [7, 11) is 0. The zero-order valence-electron chi connectivity index (χ0n) is 17.0. The Morgan fingerprint density at radius 2 is 1.87 bits per heavy atom. The number of halogens is 1. The van der Waals surface area contributed by atoms with Crippen molar-refractivity contribution < 1.29 is 13.7 Å². The molecule has 1 aliphatic heterocycles. The first-order valence-corrected chi connectivity index (χ1v) is 11.0. The highest BCUT2D eigenvalue weighted by Crippen LogP contribution is 2.29. The third-order valence-corrected chi connectivity index (χ3v) is 6.79. The van der Waals surface area contributed by atoms with Crippen LogP contribution in [0.2, 0.25) is 0 Å². The Bertz CT molecular complexity index is 1210. The van der Waals surface area contributed by atoms with E-state index >= 15 is 0 Å². The number of carbonyl (C=O) groups is 1. The van der Waals surface area contributed by atoms with E-state index in [4.69, 9.17) is 4.52 Å². The molecule has 1 aliphatic rings. The van der Waals surface area contributed by atoms with E-state index in [1.54, 1.807) is 12.1 Å². The van der Waals surface area contributed by atoms with Gasteiger partial charge < -0.3 is 9.42 Å². The van der Waals surface area contributed by atoms with Gasteiger partial charge in [-0.05, 0) is 25.1 Å². The van der Waals surface area contributed by atoms with Gasteiger partial charge in [0.1, 0.15) is 5.82 Å². The van der Waals surface area contributed by atoms with Crippen molar-refractivity contribution in [2.75, 3.05) is 26.2 Å². The fourth-order valence-corrected chi connectivity index (χ4v) is 4.91. The Morgan fingerprint density at radius 1 is 1.10 bits per heavy atom. The smallest absolute Gasteiger partial charge is 0.264 e. The topological polar surface area (TPSA) is 62.5 Å². The number of fused-ring (bicyclic) bond motifs is 1. The second-order valence-electron chi connectivity index (χ2n) is 7.59. The fourth-order valence-electron chi connectivity index (χ4n) is 3.86. The van der Waals surface area contributed by atoms with Crippen LogP contribution in [0.1, 0.15) is 28.5 Å². The molecule has 158 valence electrons. The van der Waals surface area contributed by atoms with E-state index in [1.165, 1.54) is 17.4 Å². The summed E-state index contributed by atoms with van der Waals surface area (Å²) in [6, 6.07) is 16.3. The molecule has 1 atom stereocenters. The summed E-state index contributed by atoms with van der Waals surface area (Å²) >= 11 is 1.34. The molecule has 1 fully saturated rings. The second-order valence-corrected chi connectivity index (χ2v) is 8.67. The highest BCUT2D eigenvalue weighted by molar-refractivity contribution is 7.20. The largest absolute Gasteiger partial charge is 0.337 e. The van der Waals surface area contributed by atoms with Crippen LogP contribution in [0.4, 0.5) is 4.39 Å². The maximum atomic E-state index is 14.0. The third kappa shape index (κ3) is 3.84. The maximum absolute atomic E-state index is 14.0. The molecule has 2 aromatic heterocycles. The lowest BCUT2D eigenvalue weighted by Gasteiger charge is -2.36. The molecule has 2 aromatic carbocycles. The summed E-state index contributed by atoms with van der Waals surface area (Å²) in [5.74, 6) is 0.810. The van der Waals surface area contributed by atoms with Gasteiger partial charge in [-0.25, -0.2) is 4.39 Å². The van der Waals surface area contributed by atoms with E-state index in [2.05, 4.69) is 15.0 Å². The number of amides is 1. The molecule has 0 aliphatic carbocycles. The van der Waals surface area contributed by atoms with Crippen molar-refractivity contribution >= 4 is 27.3 Å². The monoisotopic (exact) mass is 436 g/mol. The van der Waals surface area contributed by atoms with E-state index in [9.17, 15) is 9.18 Å². The molecule has 0 N–H and O–H groups in total. The summed E-state index contributed by atoms with van der Waals surface area (Å²) in [6.45, 7) is 4.64. The highest BCUT2D eigenvalue weighted by atomic mass is 32.1. The number of carbonyl (C=O) groups excluding carboxylic acids is 1.